The van der Waals surface area contributed by atoms with Gasteiger partial charge in [0, 0.05) is 122 Å². The summed E-state index contributed by atoms with van der Waals surface area (Å²) in [7, 11) is 17.9. The van der Waals surface area contributed by atoms with Gasteiger partial charge in [-0.2, -0.15) is 0 Å². The summed E-state index contributed by atoms with van der Waals surface area (Å²) in [6, 6.07) is 0. The van der Waals surface area contributed by atoms with Gasteiger partial charge < -0.3 is 47.4 Å². The van der Waals surface area contributed by atoms with Crippen LogP contribution in [0.4, 0.5) is 0 Å². The third-order valence-corrected chi connectivity index (χ3v) is 16.5. The first kappa shape index (κ1) is 54.3. The van der Waals surface area contributed by atoms with Crippen LogP contribution in [0.2, 0.25) is 0 Å². The quantitative estimate of drug-likeness (QED) is 0.0500. The Morgan fingerprint density at radius 1 is 0.412 bits per heavy atom. The van der Waals surface area contributed by atoms with Gasteiger partial charge in [-0.05, 0) is 45.4 Å². The van der Waals surface area contributed by atoms with E-state index in [0.29, 0.717) is 40.9 Å². The Balaban J connectivity index is 0. The molecular weight excluding hydrogens is 732 g/mol. The van der Waals surface area contributed by atoms with Crippen molar-refractivity contribution in [1.29, 1.82) is 0 Å². The highest BCUT2D eigenvalue weighted by Gasteiger charge is 2.31. The lowest BCUT2D eigenvalue weighted by molar-refractivity contribution is -0.138. The van der Waals surface area contributed by atoms with Crippen LogP contribution < -0.4 is 0 Å². The van der Waals surface area contributed by atoms with Crippen molar-refractivity contribution in [1.82, 2.24) is 9.80 Å². The van der Waals surface area contributed by atoms with Gasteiger partial charge >= 0.3 is 0 Å². The summed E-state index contributed by atoms with van der Waals surface area (Å²) >= 11 is 0. The molecule has 0 spiro atoms. The Hall–Kier alpha value is 1.24. The van der Waals surface area contributed by atoms with E-state index in [-0.39, 0.29) is 12.5 Å². The van der Waals surface area contributed by atoms with E-state index in [9.17, 15) is 0 Å². The maximum atomic E-state index is 5.83. The van der Waals surface area contributed by atoms with E-state index < -0.39 is 22.1 Å². The number of methoxy groups -OCH3 is 9. The molecule has 0 aromatic carbocycles. The molecule has 0 rings (SSSR count). The van der Waals surface area contributed by atoms with Gasteiger partial charge in [-0.1, -0.05) is 62.0 Å². The second-order valence-electron chi connectivity index (χ2n) is 11.7. The summed E-state index contributed by atoms with van der Waals surface area (Å²) in [5.41, 5.74) is -1.81. The third-order valence-electron chi connectivity index (χ3n) is 9.45. The van der Waals surface area contributed by atoms with Crippen LogP contribution in [0.25, 0.3) is 0 Å². The number of hydrogen-bond acceptors (Lipinski definition) is 12. The van der Waals surface area contributed by atoms with Crippen LogP contribution in [0.5, 0.6) is 0 Å². The molecule has 0 heterocycles. The van der Waals surface area contributed by atoms with E-state index in [0.717, 1.165) is 76.5 Å². The molecule has 0 bridgehead atoms. The molecule has 0 aliphatic heterocycles. The number of nitrogens with zero attached hydrogens (tertiary/aromatic N) is 2. The Kier molecular flexibility index (Phi) is 33.4. The zero-order valence-corrected chi connectivity index (χ0v) is 39.3. The predicted molar refractivity (Wildman–Crippen MR) is 222 cm³/mol. The largest absolute Gasteiger partial charge is 0.367 e. The first-order valence-electron chi connectivity index (χ1n) is 18.4. The van der Waals surface area contributed by atoms with Crippen molar-refractivity contribution in [2.75, 3.05) is 121 Å². The van der Waals surface area contributed by atoms with E-state index in [1.54, 1.807) is 64.0 Å². The molecule has 0 amide bonds. The second-order valence-corrected chi connectivity index (χ2v) is 18.2. The van der Waals surface area contributed by atoms with Gasteiger partial charge in [-0.15, -0.1) is 0 Å². The minimum absolute atomic E-state index is 0.0804. The molecule has 0 saturated heterocycles. The number of rotatable bonds is 33. The van der Waals surface area contributed by atoms with Crippen LogP contribution in [-0.2, 0) is 47.4 Å². The highest BCUT2D eigenvalue weighted by Crippen LogP contribution is 2.39. The van der Waals surface area contributed by atoms with Crippen LogP contribution in [-0.4, -0.2) is 166 Å². The first-order valence-corrected chi connectivity index (χ1v) is 23.2. The number of ether oxygens (including phenoxy) is 10. The van der Waals surface area contributed by atoms with Gasteiger partial charge in [0.2, 0.25) is 0 Å². The van der Waals surface area contributed by atoms with Gasteiger partial charge in [0.25, 0.3) is 0 Å². The van der Waals surface area contributed by atoms with Crippen LogP contribution in [0.1, 0.15) is 74.1 Å². The molecule has 0 saturated carbocycles. The Morgan fingerprint density at radius 3 is 0.824 bits per heavy atom. The summed E-state index contributed by atoms with van der Waals surface area (Å²) in [5, 5.41) is 0. The first-order chi connectivity index (χ1) is 24.3. The van der Waals surface area contributed by atoms with Crippen LogP contribution >= 0.6 is 34.3 Å². The molecule has 0 aliphatic rings. The predicted octanol–water partition coefficient (Wildman–Crippen LogP) is 7.09. The lowest BCUT2D eigenvalue weighted by Crippen LogP contribution is -2.40. The third kappa shape index (κ3) is 20.3. The van der Waals surface area contributed by atoms with Crippen molar-refractivity contribution in [2.45, 2.75) is 109 Å². The molecule has 16 heteroatoms. The lowest BCUT2D eigenvalue weighted by atomic mass is 10.4. The lowest BCUT2D eigenvalue weighted by Gasteiger charge is -2.34. The standard InChI is InChI=1S/C18H41NO5P2.C17H39NO5P2/c1-9-17(20-5,21-6)25-14-12-19(16(4)24-11-3)13-15-26-18(10-2,22-7)23-8;1-9-16(20-5,21-6)24-13-11-18(15(3)19-4)12-14-25-17(10-2,22-7)23-8/h16,25-26H,9-15H2,1-8H3;15,24-25H,9-14H2,1-8H3. The maximum Gasteiger partial charge on any atom is 0.182 e. The van der Waals surface area contributed by atoms with Gasteiger partial charge in [-0.25, -0.2) is 0 Å². The van der Waals surface area contributed by atoms with E-state index >= 15 is 0 Å². The molecule has 12 nitrogen and oxygen atoms in total. The fraction of sp³-hybridized carbons (Fsp3) is 1.00. The maximum absolute atomic E-state index is 5.83. The van der Waals surface area contributed by atoms with Gasteiger partial charge in [0.1, 0.15) is 12.5 Å². The number of hydrogen-bond donors (Lipinski definition) is 0. The average molecular weight is 813 g/mol. The Labute approximate surface area is 320 Å². The minimum Gasteiger partial charge on any atom is -0.367 e. The fourth-order valence-electron chi connectivity index (χ4n) is 5.57. The van der Waals surface area contributed by atoms with Crippen LogP contribution in [0, 0.1) is 0 Å². The summed E-state index contributed by atoms with van der Waals surface area (Å²) in [4.78, 5) is 4.75. The van der Waals surface area contributed by atoms with E-state index in [2.05, 4.69) is 51.3 Å². The smallest absolute Gasteiger partial charge is 0.182 e. The molecule has 310 valence electrons. The SMILES string of the molecule is CCC(OC)(OC)PCCN(CCPC(CC)(OC)OC)C(C)OC.CCOC(C)N(CCPC(CC)(OC)OC)CCPC(CC)(OC)OC. The topological polar surface area (TPSA) is 98.8 Å². The van der Waals surface area contributed by atoms with Gasteiger partial charge in [-0.3, -0.25) is 9.80 Å². The Morgan fingerprint density at radius 2 is 0.647 bits per heavy atom. The van der Waals surface area contributed by atoms with Crippen LogP contribution in [0.15, 0.2) is 0 Å². The normalized spacial score (nSPS) is 15.2. The molecule has 0 fully saturated rings. The monoisotopic (exact) mass is 812 g/mol. The molecule has 0 aromatic rings. The minimum atomic E-state index is -0.453. The molecule has 0 aromatic heterocycles. The van der Waals surface area contributed by atoms with Gasteiger partial charge in [0.15, 0.2) is 22.1 Å². The van der Waals surface area contributed by atoms with Crippen molar-refractivity contribution < 1.29 is 47.4 Å². The molecule has 6 atom stereocenters. The summed E-state index contributed by atoms with van der Waals surface area (Å²) in [6.45, 7) is 19.2. The molecule has 0 radical (unpaired) electrons. The average Bonchev–Trinajstić information content (AvgIpc) is 3.18. The fourth-order valence-corrected chi connectivity index (χ4v) is 10.8. The van der Waals surface area contributed by atoms with Crippen molar-refractivity contribution in [3.05, 3.63) is 0 Å². The Bertz CT molecular complexity index is 711. The van der Waals surface area contributed by atoms with E-state index in [4.69, 9.17) is 47.4 Å². The highest BCUT2D eigenvalue weighted by atomic mass is 31.1. The molecule has 6 unspecified atom stereocenters. The van der Waals surface area contributed by atoms with Crippen molar-refractivity contribution in [3.63, 3.8) is 0 Å². The van der Waals surface area contributed by atoms with E-state index in [1.165, 1.54) is 0 Å². The highest BCUT2D eigenvalue weighted by molar-refractivity contribution is 7.40. The summed E-state index contributed by atoms with van der Waals surface area (Å²) < 4.78 is 56.1. The second kappa shape index (κ2) is 31.3. The van der Waals surface area contributed by atoms with Crippen molar-refractivity contribution in [3.8, 4) is 0 Å². The van der Waals surface area contributed by atoms with Gasteiger partial charge in [0.05, 0.1) is 0 Å². The van der Waals surface area contributed by atoms with Crippen LogP contribution in [0.3, 0.4) is 0 Å². The molecular formula is C35H80N2O10P4. The molecule has 51 heavy (non-hydrogen) atoms. The van der Waals surface area contributed by atoms with Crippen molar-refractivity contribution >= 4 is 34.3 Å². The molecule has 0 aliphatic carbocycles. The molecule has 0 N–H and O–H groups in total. The zero-order valence-electron chi connectivity index (χ0n) is 35.3. The summed E-state index contributed by atoms with van der Waals surface area (Å²) in [5.74, 6) is 0. The van der Waals surface area contributed by atoms with E-state index in [1.807, 2.05) is 6.92 Å². The zero-order chi connectivity index (χ0) is 39.4. The van der Waals surface area contributed by atoms with Crippen molar-refractivity contribution in [2.24, 2.45) is 0 Å². The summed E-state index contributed by atoms with van der Waals surface area (Å²) in [6.07, 6.45) is 7.63.